The van der Waals surface area contributed by atoms with E-state index < -0.39 is 11.9 Å². The highest BCUT2D eigenvalue weighted by Gasteiger charge is 2.33. The number of aromatic nitrogens is 3. The van der Waals surface area contributed by atoms with Crippen LogP contribution in [0.3, 0.4) is 0 Å². The molecule has 1 N–H and O–H groups in total. The van der Waals surface area contributed by atoms with Crippen molar-refractivity contribution in [3.63, 3.8) is 0 Å². The summed E-state index contributed by atoms with van der Waals surface area (Å²) in [7, 11) is 0. The quantitative estimate of drug-likeness (QED) is 0.773. The van der Waals surface area contributed by atoms with Gasteiger partial charge in [-0.25, -0.2) is 4.79 Å². The Morgan fingerprint density at radius 1 is 1.37 bits per heavy atom. The summed E-state index contributed by atoms with van der Waals surface area (Å²) >= 11 is 0. The zero-order chi connectivity index (χ0) is 18.8. The smallest absolute Gasteiger partial charge is 0.325 e. The van der Waals surface area contributed by atoms with Crippen LogP contribution in [0, 0.1) is 0 Å². The Morgan fingerprint density at radius 2 is 2.26 bits per heavy atom. The molecule has 10 nitrogen and oxygen atoms in total. The number of imide groups is 1. The molecular formula is C17H18N6O4. The van der Waals surface area contributed by atoms with Gasteiger partial charge >= 0.3 is 6.03 Å². The molecule has 4 rings (SSSR count). The number of piperidine rings is 1. The third kappa shape index (κ3) is 3.64. The number of rotatable bonds is 4. The maximum Gasteiger partial charge on any atom is 0.325 e. The van der Waals surface area contributed by atoms with Crippen LogP contribution >= 0.6 is 0 Å². The first-order valence-corrected chi connectivity index (χ1v) is 8.70. The molecule has 2 aliphatic heterocycles. The molecule has 10 heteroatoms. The van der Waals surface area contributed by atoms with Crippen molar-refractivity contribution in [1.82, 2.24) is 30.2 Å². The maximum atomic E-state index is 12.5. The first-order chi connectivity index (χ1) is 13.1. The average Bonchev–Trinajstić information content (AvgIpc) is 3.29. The molecule has 0 aromatic carbocycles. The summed E-state index contributed by atoms with van der Waals surface area (Å²) in [5.74, 6) is 0.304. The van der Waals surface area contributed by atoms with Gasteiger partial charge in [-0.3, -0.25) is 19.9 Å². The first-order valence-electron chi connectivity index (χ1n) is 8.70. The van der Waals surface area contributed by atoms with Crippen LogP contribution in [0.2, 0.25) is 0 Å². The molecule has 2 aliphatic rings. The van der Waals surface area contributed by atoms with E-state index in [1.807, 2.05) is 6.07 Å². The van der Waals surface area contributed by atoms with Gasteiger partial charge < -0.3 is 14.3 Å². The van der Waals surface area contributed by atoms with Crippen LogP contribution in [0.25, 0.3) is 11.4 Å². The lowest BCUT2D eigenvalue weighted by Gasteiger charge is -2.31. The lowest BCUT2D eigenvalue weighted by Crippen LogP contribution is -2.45. The van der Waals surface area contributed by atoms with Crippen LogP contribution in [0.1, 0.15) is 24.7 Å². The molecule has 0 radical (unpaired) electrons. The van der Waals surface area contributed by atoms with E-state index in [1.165, 1.54) is 4.90 Å². The summed E-state index contributed by atoms with van der Waals surface area (Å²) in [6.07, 6.45) is 4.96. The molecule has 0 bridgehead atoms. The Balaban J connectivity index is 1.41. The SMILES string of the molecule is O=C1CN(CC(=O)N2CCC[C@@H](c3nc(-c4cccnc4)no3)C2)C(=O)N1. The number of urea groups is 1. The average molecular weight is 370 g/mol. The van der Waals surface area contributed by atoms with E-state index >= 15 is 0 Å². The topological polar surface area (TPSA) is 122 Å². The number of nitrogens with one attached hydrogen (secondary N) is 1. The van der Waals surface area contributed by atoms with Crippen LogP contribution in [-0.4, -0.2) is 68.9 Å². The number of hydrogen-bond acceptors (Lipinski definition) is 7. The van der Waals surface area contributed by atoms with E-state index in [0.717, 1.165) is 18.4 Å². The summed E-state index contributed by atoms with van der Waals surface area (Å²) in [5.41, 5.74) is 0.765. The molecule has 1 atom stereocenters. The Hall–Kier alpha value is -3.30. The molecule has 4 heterocycles. The van der Waals surface area contributed by atoms with Crippen molar-refractivity contribution in [1.29, 1.82) is 0 Å². The Labute approximate surface area is 154 Å². The van der Waals surface area contributed by atoms with Gasteiger partial charge in [0.15, 0.2) is 0 Å². The van der Waals surface area contributed by atoms with Crippen molar-refractivity contribution >= 4 is 17.8 Å². The second-order valence-corrected chi connectivity index (χ2v) is 6.59. The Morgan fingerprint density at radius 3 is 3.00 bits per heavy atom. The predicted octanol–water partition coefficient (Wildman–Crippen LogP) is 0.389. The van der Waals surface area contributed by atoms with Gasteiger partial charge in [-0.1, -0.05) is 5.16 Å². The van der Waals surface area contributed by atoms with Crippen molar-refractivity contribution in [2.75, 3.05) is 26.2 Å². The monoisotopic (exact) mass is 370 g/mol. The van der Waals surface area contributed by atoms with Crippen LogP contribution in [0.15, 0.2) is 29.0 Å². The third-order valence-corrected chi connectivity index (χ3v) is 4.68. The maximum absolute atomic E-state index is 12.5. The number of amides is 4. The fourth-order valence-corrected chi connectivity index (χ4v) is 3.29. The summed E-state index contributed by atoms with van der Waals surface area (Å²) in [5, 5.41) is 6.17. The summed E-state index contributed by atoms with van der Waals surface area (Å²) in [4.78, 5) is 46.8. The fraction of sp³-hybridized carbons (Fsp3) is 0.412. The minimum atomic E-state index is -0.528. The highest BCUT2D eigenvalue weighted by Crippen LogP contribution is 2.27. The molecular weight excluding hydrogens is 352 g/mol. The molecule has 0 aliphatic carbocycles. The molecule has 2 aromatic rings. The predicted molar refractivity (Wildman–Crippen MR) is 91.2 cm³/mol. The van der Waals surface area contributed by atoms with Gasteiger partial charge in [0.2, 0.25) is 23.5 Å². The summed E-state index contributed by atoms with van der Waals surface area (Å²) < 4.78 is 5.41. The van der Waals surface area contributed by atoms with Gasteiger partial charge in [-0.05, 0) is 25.0 Å². The van der Waals surface area contributed by atoms with E-state index in [-0.39, 0.29) is 24.9 Å². The van der Waals surface area contributed by atoms with Crippen molar-refractivity contribution in [2.45, 2.75) is 18.8 Å². The molecule has 4 amide bonds. The van der Waals surface area contributed by atoms with E-state index in [0.29, 0.717) is 24.8 Å². The minimum absolute atomic E-state index is 0.0605. The van der Waals surface area contributed by atoms with Gasteiger partial charge in [0.05, 0.1) is 5.92 Å². The zero-order valence-corrected chi connectivity index (χ0v) is 14.5. The van der Waals surface area contributed by atoms with Crippen LogP contribution < -0.4 is 5.32 Å². The Bertz CT molecular complexity index is 867. The Kier molecular flexibility index (Phi) is 4.53. The highest BCUT2D eigenvalue weighted by molar-refractivity contribution is 6.03. The summed E-state index contributed by atoms with van der Waals surface area (Å²) in [6.45, 7) is 0.842. The highest BCUT2D eigenvalue weighted by atomic mass is 16.5. The van der Waals surface area contributed by atoms with E-state index in [9.17, 15) is 14.4 Å². The number of nitrogens with zero attached hydrogens (tertiary/aromatic N) is 5. The standard InChI is InChI=1S/C17H18N6O4/c24-13-9-23(17(26)19-13)10-14(25)22-6-2-4-12(8-22)16-20-15(21-27-16)11-3-1-5-18-7-11/h1,3,5,7,12H,2,4,6,8-10H2,(H,19,24,26)/t12-/m1/s1. The van der Waals surface area contributed by atoms with Crippen molar-refractivity contribution in [3.8, 4) is 11.4 Å². The van der Waals surface area contributed by atoms with Gasteiger partial charge in [-0.15, -0.1) is 0 Å². The molecule has 0 unspecified atom stereocenters. The van der Waals surface area contributed by atoms with Crippen molar-refractivity contribution in [2.24, 2.45) is 0 Å². The van der Waals surface area contributed by atoms with Crippen molar-refractivity contribution in [3.05, 3.63) is 30.4 Å². The van der Waals surface area contributed by atoms with E-state index in [2.05, 4.69) is 20.4 Å². The van der Waals surface area contributed by atoms with Gasteiger partial charge in [-0.2, -0.15) is 4.98 Å². The zero-order valence-electron chi connectivity index (χ0n) is 14.5. The molecule has 0 spiro atoms. The molecule has 0 saturated carbocycles. The third-order valence-electron chi connectivity index (χ3n) is 4.68. The molecule has 2 aromatic heterocycles. The lowest BCUT2D eigenvalue weighted by atomic mass is 9.98. The molecule has 2 fully saturated rings. The van der Waals surface area contributed by atoms with Crippen LogP contribution in [-0.2, 0) is 9.59 Å². The number of likely N-dealkylation sites (tertiary alicyclic amines) is 1. The van der Waals surface area contributed by atoms with Gasteiger partial charge in [0.1, 0.15) is 13.1 Å². The van der Waals surface area contributed by atoms with Crippen molar-refractivity contribution < 1.29 is 18.9 Å². The van der Waals surface area contributed by atoms with Gasteiger partial charge in [0, 0.05) is 31.0 Å². The number of pyridine rings is 1. The second-order valence-electron chi connectivity index (χ2n) is 6.59. The lowest BCUT2D eigenvalue weighted by molar-refractivity contribution is -0.133. The van der Waals surface area contributed by atoms with Crippen LogP contribution in [0.4, 0.5) is 4.79 Å². The largest absolute Gasteiger partial charge is 0.340 e. The van der Waals surface area contributed by atoms with Crippen LogP contribution in [0.5, 0.6) is 0 Å². The number of hydrogen-bond donors (Lipinski definition) is 1. The minimum Gasteiger partial charge on any atom is -0.340 e. The molecule has 27 heavy (non-hydrogen) atoms. The summed E-state index contributed by atoms with van der Waals surface area (Å²) in [6, 6.07) is 3.12. The van der Waals surface area contributed by atoms with E-state index in [4.69, 9.17) is 4.52 Å². The molecule has 140 valence electrons. The second kappa shape index (κ2) is 7.14. The normalized spacial score (nSPS) is 20.1. The molecule has 2 saturated heterocycles. The van der Waals surface area contributed by atoms with E-state index in [1.54, 1.807) is 23.4 Å². The van der Waals surface area contributed by atoms with Gasteiger partial charge in [0.25, 0.3) is 0 Å². The number of carbonyl (C=O) groups excluding carboxylic acids is 3. The number of carbonyl (C=O) groups is 3. The first kappa shape index (κ1) is 17.1. The fourth-order valence-electron chi connectivity index (χ4n) is 3.29.